The highest BCUT2D eigenvalue weighted by Crippen LogP contribution is 2.25. The number of nitrogens with one attached hydrogen (secondary N) is 1. The number of nitrogens with two attached hydrogens (primary N) is 1. The standard InChI is InChI=1S/C14H19FN2O2/c1-9(16)12-5-2-10(15)8-13(12)19-7-6-14(18)17-11-3-4-11/h2,5,8-9,11H,3-4,6-7,16H2,1H3,(H,17,18). The van der Waals surface area contributed by atoms with Crippen LogP contribution < -0.4 is 15.8 Å². The van der Waals surface area contributed by atoms with Crippen molar-refractivity contribution in [3.8, 4) is 5.75 Å². The van der Waals surface area contributed by atoms with Gasteiger partial charge in [-0.05, 0) is 25.8 Å². The third-order valence-corrected chi connectivity index (χ3v) is 3.00. The Kier molecular flexibility index (Phi) is 4.37. The predicted octanol–water partition coefficient (Wildman–Crippen LogP) is 1.89. The number of halogens is 1. The SMILES string of the molecule is CC(N)c1ccc(F)cc1OCCC(=O)NC1CC1. The number of hydrogen-bond acceptors (Lipinski definition) is 3. The molecule has 1 saturated carbocycles. The molecule has 2 rings (SSSR count). The fourth-order valence-corrected chi connectivity index (χ4v) is 1.79. The minimum absolute atomic E-state index is 0.0266. The zero-order valence-corrected chi connectivity index (χ0v) is 11.0. The molecular weight excluding hydrogens is 247 g/mol. The van der Waals surface area contributed by atoms with Crippen molar-refractivity contribution in [2.45, 2.75) is 38.3 Å². The van der Waals surface area contributed by atoms with Crippen molar-refractivity contribution in [1.82, 2.24) is 5.32 Å². The average Bonchev–Trinajstić information content (AvgIpc) is 3.12. The number of carbonyl (C=O) groups excluding carboxylic acids is 1. The summed E-state index contributed by atoms with van der Waals surface area (Å²) < 4.78 is 18.6. The van der Waals surface area contributed by atoms with E-state index in [-0.39, 0.29) is 30.8 Å². The van der Waals surface area contributed by atoms with Gasteiger partial charge in [0.1, 0.15) is 11.6 Å². The Labute approximate surface area is 112 Å². The van der Waals surface area contributed by atoms with Gasteiger partial charge in [0.25, 0.3) is 0 Å². The van der Waals surface area contributed by atoms with Crippen molar-refractivity contribution in [3.63, 3.8) is 0 Å². The Morgan fingerprint density at radius 3 is 2.95 bits per heavy atom. The van der Waals surface area contributed by atoms with E-state index < -0.39 is 0 Å². The number of hydrogen-bond donors (Lipinski definition) is 2. The Hall–Kier alpha value is -1.62. The highest BCUT2D eigenvalue weighted by Gasteiger charge is 2.22. The van der Waals surface area contributed by atoms with E-state index in [1.807, 2.05) is 0 Å². The normalized spacial score (nSPS) is 15.9. The zero-order chi connectivity index (χ0) is 13.8. The van der Waals surface area contributed by atoms with Crippen LogP contribution in [0, 0.1) is 5.82 Å². The predicted molar refractivity (Wildman–Crippen MR) is 70.3 cm³/mol. The number of benzene rings is 1. The highest BCUT2D eigenvalue weighted by molar-refractivity contribution is 5.76. The first-order valence-corrected chi connectivity index (χ1v) is 6.53. The van der Waals surface area contributed by atoms with E-state index in [1.165, 1.54) is 12.1 Å². The smallest absolute Gasteiger partial charge is 0.223 e. The van der Waals surface area contributed by atoms with E-state index in [0.717, 1.165) is 18.4 Å². The lowest BCUT2D eigenvalue weighted by Gasteiger charge is -2.14. The second kappa shape index (κ2) is 6.02. The molecule has 1 aromatic rings. The molecule has 3 N–H and O–H groups in total. The molecule has 0 radical (unpaired) electrons. The van der Waals surface area contributed by atoms with Crippen LogP contribution in [0.15, 0.2) is 18.2 Å². The van der Waals surface area contributed by atoms with Crippen molar-refractivity contribution >= 4 is 5.91 Å². The number of ether oxygens (including phenoxy) is 1. The van der Waals surface area contributed by atoms with Crippen LogP contribution in [-0.2, 0) is 4.79 Å². The summed E-state index contributed by atoms with van der Waals surface area (Å²) in [5.41, 5.74) is 6.53. The van der Waals surface area contributed by atoms with Crippen LogP contribution in [0.5, 0.6) is 5.75 Å². The molecule has 1 aliphatic carbocycles. The highest BCUT2D eigenvalue weighted by atomic mass is 19.1. The van der Waals surface area contributed by atoms with Crippen molar-refractivity contribution < 1.29 is 13.9 Å². The number of amides is 1. The second-order valence-corrected chi connectivity index (χ2v) is 4.91. The molecule has 1 atom stereocenters. The topological polar surface area (TPSA) is 64.3 Å². The van der Waals surface area contributed by atoms with Gasteiger partial charge in [-0.3, -0.25) is 4.79 Å². The quantitative estimate of drug-likeness (QED) is 0.826. The monoisotopic (exact) mass is 266 g/mol. The van der Waals surface area contributed by atoms with Gasteiger partial charge in [0, 0.05) is 23.7 Å². The average molecular weight is 266 g/mol. The third kappa shape index (κ3) is 4.21. The number of rotatable bonds is 6. The van der Waals surface area contributed by atoms with Crippen LogP contribution in [-0.4, -0.2) is 18.6 Å². The molecule has 0 aliphatic heterocycles. The first kappa shape index (κ1) is 13.8. The maximum atomic E-state index is 13.2. The van der Waals surface area contributed by atoms with Gasteiger partial charge in [-0.25, -0.2) is 4.39 Å². The molecule has 1 unspecified atom stereocenters. The summed E-state index contributed by atoms with van der Waals surface area (Å²) in [6.45, 7) is 2.03. The van der Waals surface area contributed by atoms with Crippen molar-refractivity contribution in [3.05, 3.63) is 29.6 Å². The largest absolute Gasteiger partial charge is 0.493 e. The van der Waals surface area contributed by atoms with Gasteiger partial charge in [-0.1, -0.05) is 6.07 Å². The van der Waals surface area contributed by atoms with Crippen molar-refractivity contribution in [2.24, 2.45) is 5.73 Å². The maximum Gasteiger partial charge on any atom is 0.223 e. The fraction of sp³-hybridized carbons (Fsp3) is 0.500. The van der Waals surface area contributed by atoms with Gasteiger partial charge in [0.2, 0.25) is 5.91 Å². The molecule has 0 aromatic heterocycles. The van der Waals surface area contributed by atoms with E-state index in [0.29, 0.717) is 11.8 Å². The van der Waals surface area contributed by atoms with Gasteiger partial charge in [-0.15, -0.1) is 0 Å². The Morgan fingerprint density at radius 1 is 1.58 bits per heavy atom. The van der Waals surface area contributed by atoms with E-state index in [9.17, 15) is 9.18 Å². The van der Waals surface area contributed by atoms with Gasteiger partial charge in [0.15, 0.2) is 0 Å². The lowest BCUT2D eigenvalue weighted by Crippen LogP contribution is -2.26. The molecular formula is C14H19FN2O2. The maximum absolute atomic E-state index is 13.2. The first-order chi connectivity index (χ1) is 9.06. The fourth-order valence-electron chi connectivity index (χ4n) is 1.79. The Balaban J connectivity index is 1.87. The minimum atomic E-state index is -0.373. The van der Waals surface area contributed by atoms with E-state index in [1.54, 1.807) is 13.0 Å². The number of carbonyl (C=O) groups is 1. The van der Waals surface area contributed by atoms with Crippen LogP contribution in [0.1, 0.15) is 37.8 Å². The van der Waals surface area contributed by atoms with Crippen molar-refractivity contribution in [1.29, 1.82) is 0 Å². The van der Waals surface area contributed by atoms with Crippen LogP contribution >= 0.6 is 0 Å². The van der Waals surface area contributed by atoms with E-state index >= 15 is 0 Å². The van der Waals surface area contributed by atoms with Crippen LogP contribution in [0.3, 0.4) is 0 Å². The molecule has 0 heterocycles. The summed E-state index contributed by atoms with van der Waals surface area (Å²) in [5.74, 6) is 0.0114. The Bertz CT molecular complexity index is 459. The summed E-state index contributed by atoms with van der Waals surface area (Å²) >= 11 is 0. The van der Waals surface area contributed by atoms with Crippen LogP contribution in [0.2, 0.25) is 0 Å². The lowest BCUT2D eigenvalue weighted by molar-refractivity contribution is -0.121. The summed E-state index contributed by atoms with van der Waals surface area (Å²) in [5, 5.41) is 2.87. The lowest BCUT2D eigenvalue weighted by atomic mass is 10.1. The Morgan fingerprint density at radius 2 is 2.32 bits per heavy atom. The molecule has 19 heavy (non-hydrogen) atoms. The van der Waals surface area contributed by atoms with Gasteiger partial charge in [-0.2, -0.15) is 0 Å². The molecule has 1 aromatic carbocycles. The molecule has 4 nitrogen and oxygen atoms in total. The summed E-state index contributed by atoms with van der Waals surface area (Å²) in [7, 11) is 0. The molecule has 5 heteroatoms. The molecule has 0 bridgehead atoms. The minimum Gasteiger partial charge on any atom is -0.493 e. The molecule has 0 saturated heterocycles. The molecule has 1 amide bonds. The van der Waals surface area contributed by atoms with Crippen molar-refractivity contribution in [2.75, 3.05) is 6.61 Å². The second-order valence-electron chi connectivity index (χ2n) is 4.91. The van der Waals surface area contributed by atoms with Crippen LogP contribution in [0.25, 0.3) is 0 Å². The first-order valence-electron chi connectivity index (χ1n) is 6.53. The van der Waals surface area contributed by atoms with Crippen LogP contribution in [0.4, 0.5) is 4.39 Å². The summed E-state index contributed by atoms with van der Waals surface area (Å²) in [6, 6.07) is 4.37. The molecule has 1 fully saturated rings. The molecule has 1 aliphatic rings. The van der Waals surface area contributed by atoms with E-state index in [4.69, 9.17) is 10.5 Å². The molecule has 0 spiro atoms. The summed E-state index contributed by atoms with van der Waals surface area (Å²) in [4.78, 5) is 11.5. The van der Waals surface area contributed by atoms with Gasteiger partial charge < -0.3 is 15.8 Å². The molecule has 104 valence electrons. The third-order valence-electron chi connectivity index (χ3n) is 3.00. The van der Waals surface area contributed by atoms with Gasteiger partial charge in [0.05, 0.1) is 13.0 Å². The summed E-state index contributed by atoms with van der Waals surface area (Å²) in [6.07, 6.45) is 2.39. The van der Waals surface area contributed by atoms with Gasteiger partial charge >= 0.3 is 0 Å². The zero-order valence-electron chi connectivity index (χ0n) is 11.0. The van der Waals surface area contributed by atoms with E-state index in [2.05, 4.69) is 5.32 Å².